The van der Waals surface area contributed by atoms with Crippen LogP contribution in [0.3, 0.4) is 0 Å². The van der Waals surface area contributed by atoms with Crippen molar-refractivity contribution in [3.8, 4) is 0 Å². The van der Waals surface area contributed by atoms with Gasteiger partial charge >= 0.3 is 0 Å². The predicted molar refractivity (Wildman–Crippen MR) is 56.6 cm³/mol. The topological polar surface area (TPSA) is 204 Å². The van der Waals surface area contributed by atoms with Gasteiger partial charge in [0.2, 0.25) is 11.9 Å². The first kappa shape index (κ1) is 12.3. The molecule has 0 amide bonds. The smallest absolute Gasteiger partial charge is 0.259 e. The average Bonchev–Trinajstić information content (AvgIpc) is 2.13. The van der Waals surface area contributed by atoms with Gasteiger partial charge in [0.25, 0.3) is 5.96 Å². The molecule has 15 heavy (non-hydrogen) atoms. The molecule has 0 saturated heterocycles. The Morgan fingerprint density at radius 2 is 1.40 bits per heavy atom. The second kappa shape index (κ2) is 6.76. The molecule has 0 unspecified atom stereocenters. The van der Waals surface area contributed by atoms with Gasteiger partial charge in [0.1, 0.15) is 0 Å². The quantitative estimate of drug-likeness (QED) is 0.145. The molecule has 0 aromatic carbocycles. The minimum atomic E-state index is -0.250. The van der Waals surface area contributed by atoms with Gasteiger partial charge in [0.05, 0.1) is 0 Å². The van der Waals surface area contributed by atoms with E-state index >= 15 is 0 Å². The number of rotatable bonds is 3. The number of azo groups is 1. The summed E-state index contributed by atoms with van der Waals surface area (Å²) < 4.78 is 0. The van der Waals surface area contributed by atoms with Gasteiger partial charge < -0.3 is 28.7 Å². The van der Waals surface area contributed by atoms with Crippen LogP contribution in [0.1, 0.15) is 0 Å². The molecule has 0 fully saturated rings. The van der Waals surface area contributed by atoms with E-state index in [1.807, 2.05) is 0 Å². The minimum Gasteiger partial charge on any atom is -0.369 e. The Labute approximate surface area is 84.5 Å². The molecule has 0 atom stereocenters. The molecule has 11 nitrogen and oxygen atoms in total. The van der Waals surface area contributed by atoms with E-state index in [9.17, 15) is 0 Å². The maximum atomic E-state index is 5.19. The van der Waals surface area contributed by atoms with Crippen LogP contribution in [0.2, 0.25) is 0 Å². The molecular weight excluding hydrogens is 202 g/mol. The van der Waals surface area contributed by atoms with Gasteiger partial charge in [0, 0.05) is 0 Å². The van der Waals surface area contributed by atoms with Crippen LogP contribution in [0.15, 0.2) is 30.6 Å². The minimum absolute atomic E-state index is 0.205. The Kier molecular flexibility index (Phi) is 5.53. The van der Waals surface area contributed by atoms with Crippen LogP contribution in [0.5, 0.6) is 0 Å². The first-order valence-electron chi connectivity index (χ1n) is 3.45. The van der Waals surface area contributed by atoms with Crippen molar-refractivity contribution in [3.05, 3.63) is 0 Å². The fourth-order valence-corrected chi connectivity index (χ4v) is 0.330. The molecule has 0 radical (unpaired) electrons. The Morgan fingerprint density at radius 1 is 0.800 bits per heavy atom. The van der Waals surface area contributed by atoms with Crippen molar-refractivity contribution in [3.63, 3.8) is 0 Å². The largest absolute Gasteiger partial charge is 0.369 e. The molecule has 0 aliphatic heterocycles. The lowest BCUT2D eigenvalue weighted by Gasteiger charge is -1.85. The first-order valence-corrected chi connectivity index (χ1v) is 3.45. The molecule has 0 aromatic rings. The van der Waals surface area contributed by atoms with Gasteiger partial charge in [-0.1, -0.05) is 0 Å². The van der Waals surface area contributed by atoms with Crippen molar-refractivity contribution in [1.29, 1.82) is 0 Å². The molecule has 0 rings (SSSR count). The number of hydrogen-bond acceptors (Lipinski definition) is 4. The summed E-state index contributed by atoms with van der Waals surface area (Å²) in [6.07, 6.45) is 0.956. The lowest BCUT2D eigenvalue weighted by atomic mass is 11.1. The van der Waals surface area contributed by atoms with E-state index in [0.717, 1.165) is 6.34 Å². The fraction of sp³-hybridized carbons (Fsp3) is 0. The van der Waals surface area contributed by atoms with Crippen LogP contribution in [0.4, 0.5) is 0 Å². The molecule has 11 heteroatoms. The second-order valence-corrected chi connectivity index (χ2v) is 1.95. The molecule has 0 aliphatic carbocycles. The Morgan fingerprint density at radius 3 is 1.93 bits per heavy atom. The van der Waals surface area contributed by atoms with Gasteiger partial charge in [-0.3, -0.25) is 0 Å². The third-order valence-electron chi connectivity index (χ3n) is 0.705. The van der Waals surface area contributed by atoms with Crippen LogP contribution in [0, 0.1) is 0 Å². The highest BCUT2D eigenvalue weighted by molar-refractivity contribution is 5.81. The van der Waals surface area contributed by atoms with Crippen molar-refractivity contribution in [1.82, 2.24) is 0 Å². The normalized spacial score (nSPS) is 11.9. The van der Waals surface area contributed by atoms with E-state index in [4.69, 9.17) is 28.7 Å². The zero-order chi connectivity index (χ0) is 11.7. The highest BCUT2D eigenvalue weighted by Crippen LogP contribution is 1.77. The SMILES string of the molecule is NC(N)=N/N=C/N=N\C(N)=N\N=C(N)N. The number of nitrogens with zero attached hydrogens (tertiary/aromatic N) is 6. The summed E-state index contributed by atoms with van der Waals surface area (Å²) in [5.41, 5.74) is 25.1. The van der Waals surface area contributed by atoms with Gasteiger partial charge in [-0.25, -0.2) is 0 Å². The van der Waals surface area contributed by atoms with Gasteiger partial charge in [0.15, 0.2) is 6.34 Å². The summed E-state index contributed by atoms with van der Waals surface area (Å²) in [6, 6.07) is 0. The van der Waals surface area contributed by atoms with Crippen molar-refractivity contribution >= 4 is 24.2 Å². The van der Waals surface area contributed by atoms with Crippen LogP contribution in [-0.2, 0) is 0 Å². The molecule has 0 bridgehead atoms. The maximum absolute atomic E-state index is 5.19. The van der Waals surface area contributed by atoms with Gasteiger partial charge in [-0.05, 0) is 0 Å². The highest BCUT2D eigenvalue weighted by atomic mass is 15.4. The van der Waals surface area contributed by atoms with Crippen LogP contribution in [-0.4, -0.2) is 24.2 Å². The maximum Gasteiger partial charge on any atom is 0.259 e. The summed E-state index contributed by atoms with van der Waals surface area (Å²) in [4.78, 5) is 0. The van der Waals surface area contributed by atoms with Crippen LogP contribution in [0.25, 0.3) is 0 Å². The van der Waals surface area contributed by atoms with Crippen molar-refractivity contribution in [2.45, 2.75) is 0 Å². The standard InChI is InChI=1S/C4H11N11/c5-2(6)12-10-1-11-14-4(9)15-13-3(7)8/h1H,(H2,9,15)(H4,5,6,12)(H4,7,8,13)/b10-1+,14-11-. The highest BCUT2D eigenvalue weighted by Gasteiger charge is 1.84. The van der Waals surface area contributed by atoms with Gasteiger partial charge in [-0.2, -0.15) is 0 Å². The molecular formula is C4H11N11. The molecule has 10 N–H and O–H groups in total. The van der Waals surface area contributed by atoms with Crippen molar-refractivity contribution in [2.75, 3.05) is 0 Å². The first-order chi connectivity index (χ1) is 7.02. The summed E-state index contributed by atoms with van der Waals surface area (Å²) in [5.74, 6) is -0.703. The fourth-order valence-electron chi connectivity index (χ4n) is 0.330. The Balaban J connectivity index is 4.19. The van der Waals surface area contributed by atoms with E-state index in [1.165, 1.54) is 0 Å². The Hall–Kier alpha value is -2.72. The number of hydrogen-bond donors (Lipinski definition) is 5. The molecule has 0 saturated carbocycles. The van der Waals surface area contributed by atoms with E-state index in [2.05, 4.69) is 30.6 Å². The molecule has 82 valence electrons. The average molecular weight is 213 g/mol. The summed E-state index contributed by atoms with van der Waals surface area (Å²) in [5, 5.41) is 19.7. The molecule has 0 aromatic heterocycles. The summed E-state index contributed by atoms with van der Waals surface area (Å²) >= 11 is 0. The van der Waals surface area contributed by atoms with E-state index in [1.54, 1.807) is 0 Å². The van der Waals surface area contributed by atoms with Crippen LogP contribution >= 0.6 is 0 Å². The number of nitrogens with two attached hydrogens (primary N) is 5. The molecule has 0 spiro atoms. The van der Waals surface area contributed by atoms with E-state index in [0.29, 0.717) is 0 Å². The summed E-state index contributed by atoms with van der Waals surface area (Å²) in [6.45, 7) is 0. The summed E-state index contributed by atoms with van der Waals surface area (Å²) in [7, 11) is 0. The van der Waals surface area contributed by atoms with Crippen LogP contribution < -0.4 is 28.7 Å². The predicted octanol–water partition coefficient (Wildman–Crippen LogP) is -2.84. The van der Waals surface area contributed by atoms with Crippen molar-refractivity contribution in [2.24, 2.45) is 59.3 Å². The number of guanidine groups is 3. The lowest BCUT2D eigenvalue weighted by molar-refractivity contribution is 1.14. The molecule has 0 aliphatic rings. The monoisotopic (exact) mass is 213 g/mol. The molecule has 0 heterocycles. The second-order valence-electron chi connectivity index (χ2n) is 1.95. The zero-order valence-electron chi connectivity index (χ0n) is 7.65. The third kappa shape index (κ3) is 9.19. The lowest BCUT2D eigenvalue weighted by Crippen LogP contribution is -2.22. The van der Waals surface area contributed by atoms with Crippen molar-refractivity contribution < 1.29 is 0 Å². The third-order valence-corrected chi connectivity index (χ3v) is 0.705. The zero-order valence-corrected chi connectivity index (χ0v) is 7.65. The van der Waals surface area contributed by atoms with Gasteiger partial charge in [-0.15, -0.1) is 30.6 Å². The van der Waals surface area contributed by atoms with E-state index < -0.39 is 0 Å². The van der Waals surface area contributed by atoms with E-state index in [-0.39, 0.29) is 17.9 Å². The Bertz CT molecular complexity index is 324.